The monoisotopic (exact) mass is 805 g/mol. The molecular weight excluding hydrogens is 748 g/mol. The summed E-state index contributed by atoms with van der Waals surface area (Å²) in [6.07, 6.45) is 0.488. The zero-order valence-electron chi connectivity index (χ0n) is 33.1. The predicted octanol–water partition coefficient (Wildman–Crippen LogP) is -1.46. The van der Waals surface area contributed by atoms with E-state index in [1.165, 1.54) is 13.0 Å². The van der Waals surface area contributed by atoms with Crippen molar-refractivity contribution in [1.82, 2.24) is 21.3 Å². The number of rotatable bonds is 6. The highest BCUT2D eigenvalue weighted by atomic mass is 16.5. The highest BCUT2D eigenvalue weighted by molar-refractivity contribution is 6.03. The van der Waals surface area contributed by atoms with Gasteiger partial charge in [-0.2, -0.15) is 0 Å². The van der Waals surface area contributed by atoms with Crippen molar-refractivity contribution in [2.45, 2.75) is 71.5 Å². The highest BCUT2D eigenvalue weighted by Gasteiger charge is 2.28. The molecule has 3 unspecified atom stereocenters. The van der Waals surface area contributed by atoms with E-state index in [1.807, 2.05) is 0 Å². The number of aliphatic carboxylic acids is 1. The second-order valence-electron chi connectivity index (χ2n) is 13.6. The van der Waals surface area contributed by atoms with Crippen molar-refractivity contribution in [3.63, 3.8) is 0 Å². The van der Waals surface area contributed by atoms with Gasteiger partial charge in [0, 0.05) is 44.2 Å². The number of carboxylic acid groups (broad SMARTS) is 1. The Morgan fingerprint density at radius 1 is 0.807 bits per heavy atom. The van der Waals surface area contributed by atoms with Crippen LogP contribution in [0.1, 0.15) is 52.5 Å². The van der Waals surface area contributed by atoms with E-state index in [0.29, 0.717) is 18.4 Å². The molecule has 0 aromatic heterocycles. The molecule has 19 nitrogen and oxygen atoms in total. The minimum absolute atomic E-state index is 0.00334. The summed E-state index contributed by atoms with van der Waals surface area (Å²) in [5.41, 5.74) is 4.91. The van der Waals surface area contributed by atoms with E-state index in [9.17, 15) is 38.7 Å². The fourth-order valence-corrected chi connectivity index (χ4v) is 5.12. The average Bonchev–Trinajstić information content (AvgIpc) is 3.14. The van der Waals surface area contributed by atoms with Gasteiger partial charge in [0.05, 0.1) is 76.9 Å². The average molecular weight is 806 g/mol. The van der Waals surface area contributed by atoms with Crippen molar-refractivity contribution < 1.29 is 68.1 Å². The number of anilines is 1. The predicted molar refractivity (Wildman–Crippen MR) is 203 cm³/mol. The van der Waals surface area contributed by atoms with Crippen LogP contribution in [-0.2, 0) is 58.9 Å². The molecule has 0 radical (unpaired) electrons. The van der Waals surface area contributed by atoms with Crippen molar-refractivity contribution in [3.05, 3.63) is 23.8 Å². The summed E-state index contributed by atoms with van der Waals surface area (Å²) in [4.78, 5) is 87.2. The topological polar surface area (TPSA) is 274 Å². The van der Waals surface area contributed by atoms with Gasteiger partial charge in [0.1, 0.15) is 12.1 Å². The van der Waals surface area contributed by atoms with Crippen LogP contribution in [0.4, 0.5) is 5.69 Å². The van der Waals surface area contributed by atoms with Crippen molar-refractivity contribution in [2.75, 3.05) is 71.3 Å². The zero-order valence-corrected chi connectivity index (χ0v) is 33.1. The number of benzene rings is 1. The Morgan fingerprint density at radius 2 is 1.37 bits per heavy atom. The third-order valence-corrected chi connectivity index (χ3v) is 8.20. The van der Waals surface area contributed by atoms with Gasteiger partial charge in [0.25, 0.3) is 11.8 Å². The number of amides is 5. The standard InChI is InChI=1S/C38H56N6O13/c1-24(2)35-37(50)43-29-23-27(22-28(39)21-25(3)38(51)52)5-6-30(29)57-34(48)10-14-54-18-20-56-16-12-41-32(46)8-7-31(45)40-11-15-55-19-17-53-13-9-33(47)42-26(4)36(49)44-35/h5-6,23-26,28,35H,9-22,39H2,1-4H3,(H,40,45)(H,41,46)(H,42,47)(H,43,50)(H,44,49)(H,51,52)/p+1/t25?,26?,28-,35?/m1/s1. The fraction of sp³-hybridized carbons (Fsp3) is 0.605. The number of esters is 1. The number of ether oxygens (including phenoxy) is 5. The molecule has 0 fully saturated rings. The van der Waals surface area contributed by atoms with Crippen LogP contribution in [0, 0.1) is 23.7 Å². The summed E-state index contributed by atoms with van der Waals surface area (Å²) in [5, 5.41) is 22.4. The molecule has 4 atom stereocenters. The number of carbonyl (C=O) groups is 7. The highest BCUT2D eigenvalue weighted by Crippen LogP contribution is 2.28. The Hall–Kier alpha value is -5.13. The first-order valence-electron chi connectivity index (χ1n) is 18.8. The molecule has 0 saturated heterocycles. The smallest absolute Gasteiger partial charge is 0.313 e. The van der Waals surface area contributed by atoms with Crippen LogP contribution in [0.5, 0.6) is 5.75 Å². The number of carboxylic acids is 1. The lowest BCUT2D eigenvalue weighted by Gasteiger charge is -2.24. The maximum absolute atomic E-state index is 13.7. The molecule has 9 N–H and O–H groups in total. The number of hydrogen-bond acceptors (Lipinski definition) is 12. The minimum atomic E-state index is -1.06. The number of nitrogens with one attached hydrogen (secondary N) is 5. The summed E-state index contributed by atoms with van der Waals surface area (Å²) in [6, 6.07) is 2.47. The first kappa shape index (κ1) is 48.0. The van der Waals surface area contributed by atoms with Crippen molar-refractivity contribution in [1.29, 1.82) is 0 Å². The fourth-order valence-electron chi connectivity index (χ4n) is 5.12. The van der Waals surface area contributed by atoms with Gasteiger partial charge in [-0.05, 0) is 30.5 Å². The Kier molecular flexibility index (Phi) is 22.5. The molecule has 0 aliphatic carbocycles. The van der Waals surface area contributed by atoms with Crippen LogP contribution in [0.3, 0.4) is 0 Å². The molecule has 1 aromatic carbocycles. The first-order valence-corrected chi connectivity index (χ1v) is 18.8. The van der Waals surface area contributed by atoms with Crippen molar-refractivity contribution in [3.8, 4) is 17.6 Å². The lowest BCUT2D eigenvalue weighted by Crippen LogP contribution is -2.62. The molecule has 0 saturated carbocycles. The van der Waals surface area contributed by atoms with Gasteiger partial charge in [0.2, 0.25) is 17.7 Å². The van der Waals surface area contributed by atoms with Gasteiger partial charge in [-0.15, -0.1) is 0 Å². The number of fused-ring (bicyclic) bond motifs is 1. The Labute approximate surface area is 332 Å². The molecule has 0 bridgehead atoms. The van der Waals surface area contributed by atoms with Crippen molar-refractivity contribution >= 4 is 47.2 Å². The number of quaternary nitrogens is 1. The molecule has 316 valence electrons. The normalized spacial score (nSPS) is 21.3. The molecule has 0 spiro atoms. The van der Waals surface area contributed by atoms with E-state index in [0.717, 1.165) is 0 Å². The van der Waals surface area contributed by atoms with Gasteiger partial charge in [-0.1, -0.05) is 26.8 Å². The molecule has 57 heavy (non-hydrogen) atoms. The second-order valence-corrected chi connectivity index (χ2v) is 13.6. The molecule has 1 aromatic rings. The van der Waals surface area contributed by atoms with Crippen LogP contribution >= 0.6 is 0 Å². The van der Waals surface area contributed by atoms with E-state index >= 15 is 0 Å². The molecule has 2 rings (SSSR count). The summed E-state index contributed by atoms with van der Waals surface area (Å²) in [6.45, 7) is 7.85. The summed E-state index contributed by atoms with van der Waals surface area (Å²) in [5.74, 6) is -1.20. The maximum atomic E-state index is 13.7. The van der Waals surface area contributed by atoms with E-state index in [2.05, 4.69) is 44.2 Å². The summed E-state index contributed by atoms with van der Waals surface area (Å²) >= 11 is 0. The van der Waals surface area contributed by atoms with Crippen LogP contribution in [-0.4, -0.2) is 131 Å². The maximum Gasteiger partial charge on any atom is 0.313 e. The first-order chi connectivity index (χ1) is 27.2. The molecule has 1 aliphatic heterocycles. The van der Waals surface area contributed by atoms with Crippen molar-refractivity contribution in [2.24, 2.45) is 11.8 Å². The van der Waals surface area contributed by atoms with Gasteiger partial charge in [-0.25, -0.2) is 0 Å². The number of hydrogen-bond donors (Lipinski definition) is 7. The molecule has 5 amide bonds. The number of carbonyl (C=O) groups excluding carboxylic acids is 6. The zero-order chi connectivity index (χ0) is 42.2. The van der Waals surface area contributed by atoms with Crippen LogP contribution in [0.15, 0.2) is 18.2 Å². The lowest BCUT2D eigenvalue weighted by molar-refractivity contribution is -0.422. The molecule has 1 heterocycles. The second kappa shape index (κ2) is 26.7. The third-order valence-electron chi connectivity index (χ3n) is 8.20. The van der Waals surface area contributed by atoms with Gasteiger partial charge in [-0.3, -0.25) is 33.6 Å². The minimum Gasteiger partial charge on any atom is -0.481 e. The van der Waals surface area contributed by atoms with Crippen LogP contribution in [0.2, 0.25) is 0 Å². The summed E-state index contributed by atoms with van der Waals surface area (Å²) < 4.78 is 27.2. The lowest BCUT2D eigenvalue weighted by atomic mass is 9.96. The largest absolute Gasteiger partial charge is 0.481 e. The van der Waals surface area contributed by atoms with Gasteiger partial charge in [0.15, 0.2) is 5.75 Å². The molecule has 19 heteroatoms. The van der Waals surface area contributed by atoms with Crippen LogP contribution in [0.25, 0.3) is 0 Å². The van der Waals surface area contributed by atoms with E-state index in [1.54, 1.807) is 32.9 Å². The third kappa shape index (κ3) is 20.6. The Balaban J connectivity index is 2.17. The van der Waals surface area contributed by atoms with Gasteiger partial charge >= 0.3 is 11.9 Å². The van der Waals surface area contributed by atoms with E-state index in [-0.39, 0.29) is 96.3 Å². The Morgan fingerprint density at radius 3 is 1.93 bits per heavy atom. The molecular formula is C38H57N6O13+. The summed E-state index contributed by atoms with van der Waals surface area (Å²) in [7, 11) is 0. The SMILES string of the molecule is CC(C[C@@H]([NH3+])Cc1ccc2c(c1)NC(=O)C(C(C)C)NC(=O)C(C)NC(=O)CCOCCOCCNC(=O)C#CC(=O)NCCOCCOCCC(=O)O2)C(=O)O. The van der Waals surface area contributed by atoms with E-state index < -0.39 is 65.4 Å². The molecule has 1 aliphatic rings. The Bertz CT molecular complexity index is 1580. The van der Waals surface area contributed by atoms with Crippen LogP contribution < -0.4 is 37.1 Å². The quantitative estimate of drug-likeness (QED) is 0.0985. The van der Waals surface area contributed by atoms with Gasteiger partial charge < -0.3 is 61.1 Å². The van der Waals surface area contributed by atoms with E-state index in [4.69, 9.17) is 23.7 Å².